The molecule has 0 atom stereocenters. The van der Waals surface area contributed by atoms with Crippen LogP contribution in [0.3, 0.4) is 0 Å². The first kappa shape index (κ1) is 23.3. The maximum atomic E-state index is 13.2. The smallest absolute Gasteiger partial charge is 0.331 e. The number of carbonyl (C=O) groups is 1. The fourth-order valence-corrected chi connectivity index (χ4v) is 3.88. The summed E-state index contributed by atoms with van der Waals surface area (Å²) < 4.78 is 2.54. The molecule has 0 saturated carbocycles. The van der Waals surface area contributed by atoms with E-state index < -0.39 is 11.2 Å². The number of rotatable bonds is 7. The highest BCUT2D eigenvalue weighted by atomic mass is 35.5. The second-order valence-electron chi connectivity index (χ2n) is 7.69. The quantitative estimate of drug-likeness (QED) is 0.537. The largest absolute Gasteiger partial charge is 0.348 e. The molecule has 0 fully saturated rings. The highest BCUT2D eigenvalue weighted by Gasteiger charge is 2.15. The van der Waals surface area contributed by atoms with E-state index in [2.05, 4.69) is 10.7 Å². The molecular formula is C24H24ClN5O4. The van der Waals surface area contributed by atoms with Gasteiger partial charge in [0.05, 0.1) is 30.3 Å². The number of amides is 1. The zero-order valence-corrected chi connectivity index (χ0v) is 19.5. The highest BCUT2D eigenvalue weighted by Crippen LogP contribution is 2.14. The van der Waals surface area contributed by atoms with Crippen molar-refractivity contribution in [3.05, 3.63) is 104 Å². The highest BCUT2D eigenvalue weighted by molar-refractivity contribution is 6.30. The molecule has 0 spiro atoms. The Bertz CT molecular complexity index is 1420. The fourth-order valence-electron chi connectivity index (χ4n) is 3.67. The predicted octanol–water partition coefficient (Wildman–Crippen LogP) is 2.30. The molecule has 34 heavy (non-hydrogen) atoms. The van der Waals surface area contributed by atoms with E-state index >= 15 is 0 Å². The van der Waals surface area contributed by atoms with E-state index in [-0.39, 0.29) is 24.4 Å². The third kappa shape index (κ3) is 4.90. The summed E-state index contributed by atoms with van der Waals surface area (Å²) in [5.74, 6) is -0.340. The Labute approximate surface area is 200 Å². The topological polar surface area (TPSA) is 97.6 Å². The Morgan fingerprint density at radius 3 is 2.76 bits per heavy atom. The number of hydrogen-bond donors (Lipinski definition) is 2. The molecule has 2 heterocycles. The van der Waals surface area contributed by atoms with Crippen LogP contribution in [0.25, 0.3) is 10.9 Å². The number of halogens is 1. The molecule has 0 unspecified atom stereocenters. The van der Waals surface area contributed by atoms with Gasteiger partial charge in [-0.2, -0.15) is 5.17 Å². The van der Waals surface area contributed by atoms with Crippen LogP contribution in [0.2, 0.25) is 5.02 Å². The van der Waals surface area contributed by atoms with Gasteiger partial charge in [0.2, 0.25) is 0 Å². The third-order valence-electron chi connectivity index (χ3n) is 5.35. The van der Waals surface area contributed by atoms with E-state index in [0.717, 1.165) is 15.7 Å². The van der Waals surface area contributed by atoms with E-state index in [1.54, 1.807) is 55.8 Å². The average Bonchev–Trinajstić information content (AvgIpc) is 2.84. The number of fused-ring (bicyclic) bond motifs is 1. The molecule has 2 N–H and O–H groups in total. The van der Waals surface area contributed by atoms with Gasteiger partial charge in [0.1, 0.15) is 0 Å². The van der Waals surface area contributed by atoms with E-state index in [4.69, 9.17) is 16.4 Å². The minimum absolute atomic E-state index is 0.0727. The zero-order valence-electron chi connectivity index (χ0n) is 18.7. The van der Waals surface area contributed by atoms with Crippen molar-refractivity contribution in [3.63, 3.8) is 0 Å². The summed E-state index contributed by atoms with van der Waals surface area (Å²) in [6, 6.07) is 11.7. The summed E-state index contributed by atoms with van der Waals surface area (Å²) in [6.45, 7) is 2.70. The van der Waals surface area contributed by atoms with Crippen molar-refractivity contribution in [1.82, 2.24) is 25.0 Å². The second-order valence-corrected chi connectivity index (χ2v) is 8.12. The van der Waals surface area contributed by atoms with Crippen LogP contribution in [-0.2, 0) is 18.4 Å². The van der Waals surface area contributed by atoms with Crippen LogP contribution in [0, 0.1) is 0 Å². The van der Waals surface area contributed by atoms with Crippen molar-refractivity contribution in [2.45, 2.75) is 13.5 Å². The normalized spacial score (nSPS) is 13.0. The Balaban J connectivity index is 1.61. The van der Waals surface area contributed by atoms with Crippen molar-refractivity contribution in [1.29, 1.82) is 0 Å². The Morgan fingerprint density at radius 2 is 2.00 bits per heavy atom. The number of hydroxylamine groups is 1. The summed E-state index contributed by atoms with van der Waals surface area (Å²) in [5, 5.41) is 5.10. The summed E-state index contributed by atoms with van der Waals surface area (Å²) >= 11 is 6.05. The molecular weight excluding hydrogens is 458 g/mol. The fraction of sp³-hybridized carbons (Fsp3) is 0.208. The number of hydrazine groups is 1. The number of aryl methyl sites for hydroxylation is 1. The Morgan fingerprint density at radius 1 is 1.18 bits per heavy atom. The van der Waals surface area contributed by atoms with Gasteiger partial charge in [0.25, 0.3) is 11.5 Å². The molecule has 3 aromatic rings. The lowest BCUT2D eigenvalue weighted by molar-refractivity contribution is -0.144. The molecule has 1 aliphatic heterocycles. The first-order chi connectivity index (χ1) is 16.4. The van der Waals surface area contributed by atoms with Crippen LogP contribution in [0.1, 0.15) is 22.8 Å². The Hall–Kier alpha value is -3.82. The number of nitrogens with one attached hydrogen (secondary N) is 2. The molecule has 1 amide bonds. The SMILES string of the molecule is CCON1C=C(CNC(=O)c2ccc3c(c2)c(=O)n(Cc2cccc(Cl)c2)c(=O)n3C)C=CN1. The van der Waals surface area contributed by atoms with Crippen molar-refractivity contribution < 1.29 is 9.63 Å². The zero-order chi connectivity index (χ0) is 24.2. The van der Waals surface area contributed by atoms with Gasteiger partial charge >= 0.3 is 5.69 Å². The van der Waals surface area contributed by atoms with Gasteiger partial charge in [0.15, 0.2) is 0 Å². The van der Waals surface area contributed by atoms with Crippen molar-refractivity contribution in [2.24, 2.45) is 7.05 Å². The van der Waals surface area contributed by atoms with Crippen LogP contribution < -0.4 is 22.0 Å². The molecule has 2 aromatic carbocycles. The second kappa shape index (κ2) is 9.98. The predicted molar refractivity (Wildman–Crippen MR) is 130 cm³/mol. The first-order valence-corrected chi connectivity index (χ1v) is 11.1. The minimum Gasteiger partial charge on any atom is -0.348 e. The molecule has 4 rings (SSSR count). The lowest BCUT2D eigenvalue weighted by Crippen LogP contribution is -2.39. The molecule has 1 aromatic heterocycles. The molecule has 10 heteroatoms. The van der Waals surface area contributed by atoms with Crippen LogP contribution >= 0.6 is 11.6 Å². The minimum atomic E-state index is -0.468. The maximum Gasteiger partial charge on any atom is 0.331 e. The van der Waals surface area contributed by atoms with Gasteiger partial charge < -0.3 is 5.32 Å². The first-order valence-electron chi connectivity index (χ1n) is 10.7. The molecule has 0 radical (unpaired) electrons. The molecule has 0 bridgehead atoms. The molecule has 9 nitrogen and oxygen atoms in total. The van der Waals surface area contributed by atoms with Crippen LogP contribution in [0.5, 0.6) is 0 Å². The van der Waals surface area contributed by atoms with Crippen molar-refractivity contribution >= 4 is 28.4 Å². The summed E-state index contributed by atoms with van der Waals surface area (Å²) in [7, 11) is 1.60. The lowest BCUT2D eigenvalue weighted by Gasteiger charge is -2.22. The number of carbonyl (C=O) groups excluding carboxylic acids is 1. The summed E-state index contributed by atoms with van der Waals surface area (Å²) in [4.78, 5) is 44.2. The van der Waals surface area contributed by atoms with Gasteiger partial charge in [-0.25, -0.2) is 4.79 Å². The van der Waals surface area contributed by atoms with Gasteiger partial charge in [-0.3, -0.25) is 29.0 Å². The average molecular weight is 482 g/mol. The van der Waals surface area contributed by atoms with Gasteiger partial charge in [-0.05, 0) is 54.5 Å². The monoisotopic (exact) mass is 481 g/mol. The molecule has 0 aliphatic carbocycles. The van der Waals surface area contributed by atoms with E-state index in [1.807, 2.05) is 13.0 Å². The van der Waals surface area contributed by atoms with E-state index in [0.29, 0.717) is 22.7 Å². The van der Waals surface area contributed by atoms with E-state index in [1.165, 1.54) is 15.8 Å². The standard InChI is InChI=1S/C24H24ClN5O4/c1-3-34-30-15-17(9-10-27-30)13-26-22(31)18-7-8-21-20(12-18)23(32)29(24(33)28(21)2)14-16-5-4-6-19(25)11-16/h4-12,15,27H,3,13-14H2,1-2H3,(H,26,31). The summed E-state index contributed by atoms with van der Waals surface area (Å²) in [6.07, 6.45) is 5.25. The summed E-state index contributed by atoms with van der Waals surface area (Å²) in [5.41, 5.74) is 4.31. The van der Waals surface area contributed by atoms with Gasteiger partial charge in [-0.15, -0.1) is 0 Å². The molecule has 1 aliphatic rings. The number of aromatic nitrogens is 2. The van der Waals surface area contributed by atoms with Gasteiger partial charge in [-0.1, -0.05) is 23.7 Å². The number of nitrogens with zero attached hydrogens (tertiary/aromatic N) is 3. The molecule has 0 saturated heterocycles. The Kier molecular flexibility index (Phi) is 6.85. The number of hydrogen-bond acceptors (Lipinski definition) is 6. The van der Waals surface area contributed by atoms with Crippen LogP contribution in [0.4, 0.5) is 0 Å². The van der Waals surface area contributed by atoms with Crippen LogP contribution in [-0.4, -0.2) is 33.4 Å². The van der Waals surface area contributed by atoms with Crippen molar-refractivity contribution in [3.8, 4) is 0 Å². The lowest BCUT2D eigenvalue weighted by atomic mass is 10.1. The van der Waals surface area contributed by atoms with Crippen molar-refractivity contribution in [2.75, 3.05) is 13.2 Å². The van der Waals surface area contributed by atoms with Crippen LogP contribution in [0.15, 0.2) is 76.1 Å². The number of benzene rings is 2. The molecule has 176 valence electrons. The van der Waals surface area contributed by atoms with E-state index in [9.17, 15) is 14.4 Å². The maximum absolute atomic E-state index is 13.2. The third-order valence-corrected chi connectivity index (χ3v) is 5.58. The van der Waals surface area contributed by atoms with Gasteiger partial charge in [0, 0.05) is 30.4 Å².